The van der Waals surface area contributed by atoms with E-state index in [0.29, 0.717) is 25.1 Å². The van der Waals surface area contributed by atoms with Crippen LogP contribution in [0.1, 0.15) is 54.4 Å². The van der Waals surface area contributed by atoms with Crippen molar-refractivity contribution < 1.29 is 9.59 Å². The Morgan fingerprint density at radius 1 is 1.24 bits per heavy atom. The molecular weight excluding hydrogens is 384 g/mol. The highest BCUT2D eigenvalue weighted by molar-refractivity contribution is 7.10. The molecule has 2 aromatic heterocycles. The van der Waals surface area contributed by atoms with Gasteiger partial charge in [0.1, 0.15) is 11.9 Å². The summed E-state index contributed by atoms with van der Waals surface area (Å²) in [6.07, 6.45) is 3.94. The average Bonchev–Trinajstić information content (AvgIpc) is 3.22. The van der Waals surface area contributed by atoms with Crippen LogP contribution in [0.15, 0.2) is 29.8 Å². The summed E-state index contributed by atoms with van der Waals surface area (Å²) in [5, 5.41) is 5.03. The van der Waals surface area contributed by atoms with Gasteiger partial charge in [0.2, 0.25) is 5.91 Å². The molecule has 0 aliphatic carbocycles. The number of anilines is 1. The Balaban J connectivity index is 1.66. The molecule has 3 heterocycles. The third kappa shape index (κ3) is 4.96. The smallest absolute Gasteiger partial charge is 0.253 e. The largest absolute Gasteiger partial charge is 0.357 e. The number of aromatic nitrogens is 1. The van der Waals surface area contributed by atoms with Crippen LogP contribution in [0.5, 0.6) is 0 Å². The Morgan fingerprint density at radius 3 is 2.69 bits per heavy atom. The summed E-state index contributed by atoms with van der Waals surface area (Å²) in [6, 6.07) is 5.23. The van der Waals surface area contributed by atoms with Crippen LogP contribution in [-0.2, 0) is 17.8 Å². The second kappa shape index (κ2) is 9.87. The fraction of sp³-hybridized carbons (Fsp3) is 0.500. The number of thiophene rings is 1. The van der Waals surface area contributed by atoms with Crippen LogP contribution < -0.4 is 10.2 Å². The normalized spacial score (nSPS) is 14.2. The number of pyridine rings is 1. The lowest BCUT2D eigenvalue weighted by Gasteiger charge is -2.31. The molecule has 0 spiro atoms. The second-order valence-electron chi connectivity index (χ2n) is 7.27. The van der Waals surface area contributed by atoms with Crippen molar-refractivity contribution >= 4 is 29.0 Å². The molecule has 2 aromatic rings. The zero-order chi connectivity index (χ0) is 20.8. The molecule has 1 atom stereocenters. The van der Waals surface area contributed by atoms with E-state index in [0.717, 1.165) is 31.7 Å². The van der Waals surface area contributed by atoms with E-state index in [-0.39, 0.29) is 11.8 Å². The van der Waals surface area contributed by atoms with Crippen molar-refractivity contribution in [3.05, 3.63) is 45.8 Å². The van der Waals surface area contributed by atoms with Crippen molar-refractivity contribution in [2.24, 2.45) is 0 Å². The Kier molecular flexibility index (Phi) is 7.25. The molecule has 0 aromatic carbocycles. The van der Waals surface area contributed by atoms with Crippen molar-refractivity contribution in [3.63, 3.8) is 0 Å². The predicted molar refractivity (Wildman–Crippen MR) is 117 cm³/mol. The van der Waals surface area contributed by atoms with Gasteiger partial charge in [-0.25, -0.2) is 4.98 Å². The number of nitrogens with one attached hydrogen (secondary N) is 1. The van der Waals surface area contributed by atoms with Crippen molar-refractivity contribution in [2.75, 3.05) is 24.5 Å². The lowest BCUT2D eigenvalue weighted by Crippen LogP contribution is -2.49. The summed E-state index contributed by atoms with van der Waals surface area (Å²) in [5.74, 6) is 0.612. The minimum absolute atomic E-state index is 0.00442. The first-order valence-electron chi connectivity index (χ1n) is 10.4. The van der Waals surface area contributed by atoms with Gasteiger partial charge in [-0.1, -0.05) is 13.3 Å². The monoisotopic (exact) mass is 414 g/mol. The van der Waals surface area contributed by atoms with Crippen molar-refractivity contribution in [1.82, 2.24) is 15.2 Å². The van der Waals surface area contributed by atoms with E-state index in [4.69, 9.17) is 0 Å². The van der Waals surface area contributed by atoms with Crippen LogP contribution in [0, 0.1) is 0 Å². The summed E-state index contributed by atoms with van der Waals surface area (Å²) in [4.78, 5) is 35.6. The van der Waals surface area contributed by atoms with Crippen LogP contribution in [0.25, 0.3) is 0 Å². The first-order chi connectivity index (χ1) is 14.1. The van der Waals surface area contributed by atoms with Crippen LogP contribution in [0.2, 0.25) is 0 Å². The van der Waals surface area contributed by atoms with Crippen molar-refractivity contribution in [2.45, 2.75) is 52.6 Å². The SMILES string of the molecule is CCCC(NC(=O)c1ccc(N(CC)CC)nc1)C(=O)N1CCc2sccc2C1. The summed E-state index contributed by atoms with van der Waals surface area (Å²) < 4.78 is 0. The summed E-state index contributed by atoms with van der Waals surface area (Å²) in [5.41, 5.74) is 1.71. The maximum Gasteiger partial charge on any atom is 0.253 e. The zero-order valence-corrected chi connectivity index (χ0v) is 18.3. The molecule has 0 fully saturated rings. The Bertz CT molecular complexity index is 830. The molecule has 0 radical (unpaired) electrons. The molecule has 6 nitrogen and oxygen atoms in total. The summed E-state index contributed by atoms with van der Waals surface area (Å²) in [7, 11) is 0. The maximum atomic E-state index is 13.1. The van der Waals surface area contributed by atoms with Crippen LogP contribution in [-0.4, -0.2) is 47.4 Å². The predicted octanol–water partition coefficient (Wildman–Crippen LogP) is 3.47. The number of carbonyl (C=O) groups is 2. The second-order valence-corrected chi connectivity index (χ2v) is 8.27. The van der Waals surface area contributed by atoms with E-state index in [9.17, 15) is 9.59 Å². The van der Waals surface area contributed by atoms with Gasteiger partial charge in [-0.3, -0.25) is 9.59 Å². The molecule has 156 valence electrons. The van der Waals surface area contributed by atoms with Crippen LogP contribution >= 0.6 is 11.3 Å². The van der Waals surface area contributed by atoms with Gasteiger partial charge in [0.15, 0.2) is 0 Å². The number of carbonyl (C=O) groups excluding carboxylic acids is 2. The molecule has 1 unspecified atom stereocenters. The Hall–Kier alpha value is -2.41. The number of fused-ring (bicyclic) bond motifs is 1. The Morgan fingerprint density at radius 2 is 2.03 bits per heavy atom. The fourth-order valence-electron chi connectivity index (χ4n) is 3.70. The van der Waals surface area contributed by atoms with Crippen LogP contribution in [0.4, 0.5) is 5.82 Å². The van der Waals surface area contributed by atoms with Crippen LogP contribution in [0.3, 0.4) is 0 Å². The highest BCUT2D eigenvalue weighted by Gasteiger charge is 2.28. The first kappa shape index (κ1) is 21.3. The topological polar surface area (TPSA) is 65.5 Å². The molecule has 29 heavy (non-hydrogen) atoms. The van der Waals surface area contributed by atoms with Gasteiger partial charge in [-0.2, -0.15) is 0 Å². The average molecular weight is 415 g/mol. The van der Waals surface area contributed by atoms with Crippen molar-refractivity contribution in [3.8, 4) is 0 Å². The maximum absolute atomic E-state index is 13.1. The first-order valence-corrected chi connectivity index (χ1v) is 11.3. The highest BCUT2D eigenvalue weighted by atomic mass is 32.1. The molecule has 0 bridgehead atoms. The minimum Gasteiger partial charge on any atom is -0.357 e. The van der Waals surface area contributed by atoms with Crippen molar-refractivity contribution in [1.29, 1.82) is 0 Å². The molecule has 1 aliphatic rings. The molecule has 1 N–H and O–H groups in total. The minimum atomic E-state index is -0.504. The lowest BCUT2D eigenvalue weighted by atomic mass is 10.1. The van der Waals surface area contributed by atoms with Gasteiger partial charge in [0.05, 0.1) is 5.56 Å². The number of rotatable bonds is 8. The number of amides is 2. The fourth-order valence-corrected chi connectivity index (χ4v) is 4.59. The van der Waals surface area contributed by atoms with Gasteiger partial charge >= 0.3 is 0 Å². The van der Waals surface area contributed by atoms with Gasteiger partial charge < -0.3 is 15.1 Å². The zero-order valence-electron chi connectivity index (χ0n) is 17.5. The molecule has 3 rings (SSSR count). The Labute approximate surface area is 176 Å². The summed E-state index contributed by atoms with van der Waals surface area (Å²) >= 11 is 1.75. The number of hydrogen-bond acceptors (Lipinski definition) is 5. The third-order valence-electron chi connectivity index (χ3n) is 5.40. The van der Waals surface area contributed by atoms with E-state index in [1.807, 2.05) is 17.9 Å². The standard InChI is InChI=1S/C22H30N4O2S/c1-4-7-18(22(28)26-12-10-19-17(15-26)11-13-29-19)24-21(27)16-8-9-20(23-14-16)25(5-2)6-3/h8-9,11,13-14,18H,4-7,10,12,15H2,1-3H3,(H,24,27). The van der Waals surface area contributed by atoms with E-state index in [1.165, 1.54) is 10.4 Å². The van der Waals surface area contributed by atoms with E-state index < -0.39 is 6.04 Å². The third-order valence-corrected chi connectivity index (χ3v) is 6.42. The summed E-state index contributed by atoms with van der Waals surface area (Å²) in [6.45, 7) is 9.25. The van der Waals surface area contributed by atoms with E-state index >= 15 is 0 Å². The number of nitrogens with zero attached hydrogens (tertiary/aromatic N) is 3. The molecule has 0 saturated carbocycles. The number of hydrogen-bond donors (Lipinski definition) is 1. The molecule has 1 aliphatic heterocycles. The van der Waals surface area contributed by atoms with E-state index in [1.54, 1.807) is 23.6 Å². The quantitative estimate of drug-likeness (QED) is 0.718. The van der Waals surface area contributed by atoms with E-state index in [2.05, 4.69) is 40.5 Å². The molecular formula is C22H30N4O2S. The van der Waals surface area contributed by atoms with Gasteiger partial charge in [-0.15, -0.1) is 11.3 Å². The van der Waals surface area contributed by atoms with Gasteiger partial charge in [0, 0.05) is 37.3 Å². The highest BCUT2D eigenvalue weighted by Crippen LogP contribution is 2.24. The molecule has 7 heteroatoms. The molecule has 0 saturated heterocycles. The van der Waals surface area contributed by atoms with Gasteiger partial charge in [-0.05, 0) is 55.8 Å². The lowest BCUT2D eigenvalue weighted by molar-refractivity contribution is -0.134. The van der Waals surface area contributed by atoms with Gasteiger partial charge in [0.25, 0.3) is 5.91 Å². The molecule has 2 amide bonds.